The van der Waals surface area contributed by atoms with E-state index in [9.17, 15) is 4.79 Å². The second kappa shape index (κ2) is 10.7. The topological polar surface area (TPSA) is 81.6 Å². The summed E-state index contributed by atoms with van der Waals surface area (Å²) in [6, 6.07) is 5.80. The van der Waals surface area contributed by atoms with Crippen LogP contribution < -0.4 is 4.90 Å². The van der Waals surface area contributed by atoms with Gasteiger partial charge in [-0.05, 0) is 52.0 Å². The molecule has 0 radical (unpaired) electrons. The van der Waals surface area contributed by atoms with Gasteiger partial charge in [0.2, 0.25) is 5.89 Å². The van der Waals surface area contributed by atoms with E-state index >= 15 is 0 Å². The number of aryl methyl sites for hydroxylation is 1. The number of pyridine rings is 1. The van der Waals surface area contributed by atoms with Gasteiger partial charge in [0.05, 0.1) is 30.0 Å². The minimum absolute atomic E-state index is 0.199. The number of carbonyl (C=O) groups is 1. The highest BCUT2D eigenvalue weighted by molar-refractivity contribution is 8.01. The summed E-state index contributed by atoms with van der Waals surface area (Å²) in [5, 5.41) is 0. The third kappa shape index (κ3) is 6.28. The molecule has 33 heavy (non-hydrogen) atoms. The van der Waals surface area contributed by atoms with Crippen LogP contribution >= 0.6 is 11.8 Å². The molecule has 3 rings (SSSR count). The van der Waals surface area contributed by atoms with Crippen molar-refractivity contribution < 1.29 is 18.4 Å². The van der Waals surface area contributed by atoms with E-state index in [1.807, 2.05) is 77.0 Å². The van der Waals surface area contributed by atoms with E-state index in [1.54, 1.807) is 12.4 Å². The number of oxazole rings is 1. The van der Waals surface area contributed by atoms with Crippen LogP contribution in [0.25, 0.3) is 17.5 Å². The predicted octanol–water partition coefficient (Wildman–Crippen LogP) is 5.38. The Morgan fingerprint density at radius 1 is 1.24 bits per heavy atom. The van der Waals surface area contributed by atoms with Crippen molar-refractivity contribution in [3.8, 4) is 11.5 Å². The van der Waals surface area contributed by atoms with Gasteiger partial charge in [-0.25, -0.2) is 4.98 Å². The average molecular weight is 470 g/mol. The Morgan fingerprint density at radius 3 is 2.76 bits per heavy atom. The van der Waals surface area contributed by atoms with E-state index in [4.69, 9.17) is 18.6 Å². The van der Waals surface area contributed by atoms with E-state index in [1.165, 1.54) is 11.8 Å². The summed E-state index contributed by atoms with van der Waals surface area (Å²) in [4.78, 5) is 22.9. The van der Waals surface area contributed by atoms with Crippen LogP contribution in [0.5, 0.6) is 0 Å². The number of rotatable bonds is 10. The molecule has 3 aromatic heterocycles. The van der Waals surface area contributed by atoms with E-state index in [0.29, 0.717) is 24.7 Å². The van der Waals surface area contributed by atoms with Crippen molar-refractivity contribution in [1.82, 2.24) is 9.97 Å². The summed E-state index contributed by atoms with van der Waals surface area (Å²) in [5.74, 6) is 3.33. The number of aromatic nitrogens is 2. The summed E-state index contributed by atoms with van der Waals surface area (Å²) >= 11 is 1.53. The maximum absolute atomic E-state index is 12.0. The molecule has 0 N–H and O–H groups in total. The highest BCUT2D eigenvalue weighted by Crippen LogP contribution is 2.30. The van der Waals surface area contributed by atoms with Crippen LogP contribution in [0.4, 0.5) is 5.69 Å². The monoisotopic (exact) mass is 469 g/mol. The number of furan rings is 1. The number of nitrogens with zero attached hydrogens (tertiary/aromatic N) is 3. The fourth-order valence-corrected chi connectivity index (χ4v) is 3.96. The number of thioether (sulfide) groups is 1. The predicted molar refractivity (Wildman–Crippen MR) is 133 cm³/mol. The number of carbonyl (C=O) groups excluding carboxylic acids is 1. The van der Waals surface area contributed by atoms with Gasteiger partial charge >= 0.3 is 5.97 Å². The highest BCUT2D eigenvalue weighted by atomic mass is 32.2. The molecular weight excluding hydrogens is 438 g/mol. The summed E-state index contributed by atoms with van der Waals surface area (Å²) < 4.78 is 16.4. The van der Waals surface area contributed by atoms with Crippen molar-refractivity contribution in [1.29, 1.82) is 0 Å². The second-order valence-corrected chi connectivity index (χ2v) is 9.88. The first-order chi connectivity index (χ1) is 15.7. The molecule has 176 valence electrons. The molecule has 0 saturated heterocycles. The van der Waals surface area contributed by atoms with Gasteiger partial charge in [0.15, 0.2) is 0 Å². The van der Waals surface area contributed by atoms with E-state index in [0.717, 1.165) is 34.2 Å². The first-order valence-corrected chi connectivity index (χ1v) is 11.8. The lowest BCUT2D eigenvalue weighted by molar-refractivity contribution is -0.145. The molecule has 0 aliphatic carbocycles. The SMILES string of the molecule is CCOC(=O)C(C)(C)SC/C=C/c1ccc(Cc2nc(-c3cnccc3N(C)C)oc2C)o1. The molecule has 0 aliphatic heterocycles. The standard InChI is InChI=1S/C25H31N3O4S/c1-7-30-24(29)25(3,4)33-14-8-9-18-10-11-19(32-18)15-21-17(2)31-23(27-21)20-16-26-13-12-22(20)28(5)6/h8-13,16H,7,14-15H2,1-6H3/b9-8+. The lowest BCUT2D eigenvalue weighted by Crippen LogP contribution is -2.30. The molecule has 0 bridgehead atoms. The van der Waals surface area contributed by atoms with Crippen LogP contribution in [-0.4, -0.2) is 47.1 Å². The van der Waals surface area contributed by atoms with Gasteiger partial charge < -0.3 is 18.5 Å². The van der Waals surface area contributed by atoms with Crippen molar-refractivity contribution >= 4 is 29.5 Å². The van der Waals surface area contributed by atoms with Crippen LogP contribution in [0.15, 0.2) is 45.5 Å². The fraction of sp³-hybridized carbons (Fsp3) is 0.400. The van der Waals surface area contributed by atoms with Crippen LogP contribution in [0, 0.1) is 6.92 Å². The van der Waals surface area contributed by atoms with Crippen molar-refractivity contribution in [2.24, 2.45) is 0 Å². The largest absolute Gasteiger partial charge is 0.465 e. The van der Waals surface area contributed by atoms with Gasteiger partial charge in [0, 0.05) is 32.2 Å². The molecule has 0 atom stereocenters. The molecule has 0 saturated carbocycles. The summed E-state index contributed by atoms with van der Waals surface area (Å²) in [5.41, 5.74) is 2.67. The molecule has 0 amide bonds. The lowest BCUT2D eigenvalue weighted by atomic mass is 10.2. The number of hydrogen-bond acceptors (Lipinski definition) is 8. The minimum Gasteiger partial charge on any atom is -0.465 e. The molecule has 8 heteroatoms. The lowest BCUT2D eigenvalue weighted by Gasteiger charge is -2.20. The molecule has 0 aromatic carbocycles. The average Bonchev–Trinajstić information content (AvgIpc) is 3.38. The summed E-state index contributed by atoms with van der Waals surface area (Å²) in [7, 11) is 3.95. The third-order valence-electron chi connectivity index (χ3n) is 5.02. The number of anilines is 1. The zero-order chi connectivity index (χ0) is 24.0. The maximum Gasteiger partial charge on any atom is 0.321 e. The molecule has 0 aliphatic rings. The van der Waals surface area contributed by atoms with Crippen molar-refractivity contribution in [2.45, 2.75) is 38.9 Å². The molecule has 0 fully saturated rings. The molecule has 0 spiro atoms. The van der Waals surface area contributed by atoms with Gasteiger partial charge in [-0.2, -0.15) is 0 Å². The Hall–Kier alpha value is -3.00. The normalized spacial score (nSPS) is 11.8. The molecular formula is C25H31N3O4S. The molecule has 7 nitrogen and oxygen atoms in total. The van der Waals surface area contributed by atoms with E-state index in [2.05, 4.69) is 4.98 Å². The van der Waals surface area contributed by atoms with Gasteiger partial charge in [0.25, 0.3) is 0 Å². The Morgan fingerprint density at radius 2 is 2.03 bits per heavy atom. The van der Waals surface area contributed by atoms with Gasteiger partial charge in [-0.15, -0.1) is 11.8 Å². The smallest absolute Gasteiger partial charge is 0.321 e. The van der Waals surface area contributed by atoms with Crippen molar-refractivity contribution in [3.05, 3.63) is 59.6 Å². The van der Waals surface area contributed by atoms with Crippen molar-refractivity contribution in [3.63, 3.8) is 0 Å². The van der Waals surface area contributed by atoms with Crippen LogP contribution in [0.1, 0.15) is 43.7 Å². The fourth-order valence-electron chi connectivity index (χ4n) is 3.18. The number of esters is 1. The molecule has 0 unspecified atom stereocenters. The van der Waals surface area contributed by atoms with E-state index < -0.39 is 4.75 Å². The first-order valence-electron chi connectivity index (χ1n) is 10.9. The van der Waals surface area contributed by atoms with Gasteiger partial charge in [-0.3, -0.25) is 9.78 Å². The Bertz CT molecular complexity index is 1110. The van der Waals surface area contributed by atoms with Crippen LogP contribution in [0.3, 0.4) is 0 Å². The minimum atomic E-state index is -0.586. The van der Waals surface area contributed by atoms with E-state index in [-0.39, 0.29) is 5.97 Å². The summed E-state index contributed by atoms with van der Waals surface area (Å²) in [6.07, 6.45) is 7.95. The zero-order valence-corrected chi connectivity index (χ0v) is 20.9. The van der Waals surface area contributed by atoms with Crippen LogP contribution in [0.2, 0.25) is 0 Å². The van der Waals surface area contributed by atoms with Gasteiger partial charge in [0.1, 0.15) is 22.0 Å². The highest BCUT2D eigenvalue weighted by Gasteiger charge is 2.29. The van der Waals surface area contributed by atoms with Crippen molar-refractivity contribution in [2.75, 3.05) is 31.4 Å². The number of ether oxygens (including phenoxy) is 1. The van der Waals surface area contributed by atoms with Gasteiger partial charge in [-0.1, -0.05) is 6.08 Å². The van der Waals surface area contributed by atoms with Crippen LogP contribution in [-0.2, 0) is 16.0 Å². The molecule has 3 aromatic rings. The maximum atomic E-state index is 12.0. The summed E-state index contributed by atoms with van der Waals surface area (Å²) in [6.45, 7) is 7.85. The first kappa shape index (κ1) is 24.6. The number of hydrogen-bond donors (Lipinski definition) is 0. The zero-order valence-electron chi connectivity index (χ0n) is 20.0. The Balaban J connectivity index is 1.64. The quantitative estimate of drug-likeness (QED) is 0.366. The Labute approximate surface area is 199 Å². The second-order valence-electron chi connectivity index (χ2n) is 8.23. The third-order valence-corrected chi connectivity index (χ3v) is 6.26. The Kier molecular flexibility index (Phi) is 8.02. The molecule has 3 heterocycles.